The number of nitrogens with two attached hydrogens (primary N) is 1. The Morgan fingerprint density at radius 3 is 3.12 bits per heavy atom. The largest absolute Gasteiger partial charge is 0.399 e. The lowest BCUT2D eigenvalue weighted by molar-refractivity contribution is -0.122. The van der Waals surface area contributed by atoms with E-state index in [9.17, 15) is 4.79 Å². The molecule has 1 amide bonds. The van der Waals surface area contributed by atoms with Crippen LogP contribution < -0.4 is 11.1 Å². The minimum absolute atomic E-state index is 0.0334. The molecular formula is C13H18N2O2. The second-order valence-corrected chi connectivity index (χ2v) is 4.40. The number of nitrogen functional groups attached to an aromatic ring is 1. The van der Waals surface area contributed by atoms with E-state index >= 15 is 0 Å². The normalized spacial score (nSPS) is 19.9. The summed E-state index contributed by atoms with van der Waals surface area (Å²) in [7, 11) is 0. The van der Waals surface area contributed by atoms with Crippen LogP contribution in [0.2, 0.25) is 0 Å². The number of carbonyl (C=O) groups is 1. The van der Waals surface area contributed by atoms with E-state index in [-0.39, 0.29) is 11.9 Å². The molecule has 0 bridgehead atoms. The van der Waals surface area contributed by atoms with Crippen molar-refractivity contribution in [2.45, 2.75) is 25.3 Å². The van der Waals surface area contributed by atoms with Gasteiger partial charge in [-0.1, -0.05) is 12.1 Å². The molecule has 1 atom stereocenters. The summed E-state index contributed by atoms with van der Waals surface area (Å²) in [5.41, 5.74) is 7.30. The molecule has 92 valence electrons. The topological polar surface area (TPSA) is 64.4 Å². The molecular weight excluding hydrogens is 216 g/mol. The Morgan fingerprint density at radius 1 is 1.53 bits per heavy atom. The van der Waals surface area contributed by atoms with Gasteiger partial charge in [-0.15, -0.1) is 0 Å². The summed E-state index contributed by atoms with van der Waals surface area (Å²) in [5.74, 6) is 0.0334. The maximum absolute atomic E-state index is 11.8. The molecule has 1 fully saturated rings. The molecule has 17 heavy (non-hydrogen) atoms. The summed E-state index contributed by atoms with van der Waals surface area (Å²) in [4.78, 5) is 11.8. The van der Waals surface area contributed by atoms with Crippen LogP contribution in [0, 0.1) is 0 Å². The van der Waals surface area contributed by atoms with E-state index in [1.807, 2.05) is 24.3 Å². The highest BCUT2D eigenvalue weighted by Gasteiger charge is 2.16. The maximum atomic E-state index is 11.8. The smallest absolute Gasteiger partial charge is 0.224 e. The van der Waals surface area contributed by atoms with Crippen LogP contribution in [0.5, 0.6) is 0 Å². The summed E-state index contributed by atoms with van der Waals surface area (Å²) in [5, 5.41) is 2.98. The Balaban J connectivity index is 1.84. The van der Waals surface area contributed by atoms with Gasteiger partial charge in [0.05, 0.1) is 19.1 Å². The average Bonchev–Trinajstić information content (AvgIpc) is 2.30. The summed E-state index contributed by atoms with van der Waals surface area (Å²) in [6.45, 7) is 1.43. The number of anilines is 1. The molecule has 0 radical (unpaired) electrons. The molecule has 1 heterocycles. The van der Waals surface area contributed by atoms with Gasteiger partial charge in [-0.25, -0.2) is 0 Å². The second-order valence-electron chi connectivity index (χ2n) is 4.40. The maximum Gasteiger partial charge on any atom is 0.224 e. The fourth-order valence-corrected chi connectivity index (χ4v) is 2.02. The number of ether oxygens (including phenoxy) is 1. The van der Waals surface area contributed by atoms with Gasteiger partial charge in [-0.3, -0.25) is 4.79 Å². The third kappa shape index (κ3) is 3.75. The number of nitrogens with one attached hydrogen (secondary N) is 1. The molecule has 2 rings (SSSR count). The highest BCUT2D eigenvalue weighted by molar-refractivity contribution is 5.79. The first kappa shape index (κ1) is 11.9. The van der Waals surface area contributed by atoms with Gasteiger partial charge in [0.15, 0.2) is 0 Å². The number of hydrogen-bond donors (Lipinski definition) is 2. The van der Waals surface area contributed by atoms with E-state index in [4.69, 9.17) is 10.5 Å². The SMILES string of the molecule is Nc1cccc(CC(=O)NC2CCCOC2)c1. The molecule has 1 aromatic rings. The van der Waals surface area contributed by atoms with Crippen LogP contribution in [-0.2, 0) is 16.0 Å². The Labute approximate surface area is 101 Å². The quantitative estimate of drug-likeness (QED) is 0.770. The van der Waals surface area contributed by atoms with Gasteiger partial charge in [-0.2, -0.15) is 0 Å². The fraction of sp³-hybridized carbons (Fsp3) is 0.462. The minimum Gasteiger partial charge on any atom is -0.399 e. The molecule has 0 spiro atoms. The zero-order valence-electron chi connectivity index (χ0n) is 9.82. The molecule has 0 aromatic heterocycles. The molecule has 1 aromatic carbocycles. The Bertz CT molecular complexity index is 387. The molecule has 1 unspecified atom stereocenters. The van der Waals surface area contributed by atoms with Crippen LogP contribution in [-0.4, -0.2) is 25.2 Å². The fourth-order valence-electron chi connectivity index (χ4n) is 2.02. The third-order valence-electron chi connectivity index (χ3n) is 2.84. The van der Waals surface area contributed by atoms with Crippen LogP contribution >= 0.6 is 0 Å². The van der Waals surface area contributed by atoms with E-state index in [0.717, 1.165) is 25.0 Å². The van der Waals surface area contributed by atoms with E-state index in [1.165, 1.54) is 0 Å². The van der Waals surface area contributed by atoms with Gasteiger partial charge in [-0.05, 0) is 30.5 Å². The van der Waals surface area contributed by atoms with Gasteiger partial charge in [0.2, 0.25) is 5.91 Å². The summed E-state index contributed by atoms with van der Waals surface area (Å²) >= 11 is 0. The number of carbonyl (C=O) groups excluding carboxylic acids is 1. The Kier molecular flexibility index (Phi) is 3.98. The van der Waals surface area contributed by atoms with Crippen LogP contribution in [0.4, 0.5) is 5.69 Å². The van der Waals surface area contributed by atoms with E-state index in [1.54, 1.807) is 0 Å². The lowest BCUT2D eigenvalue weighted by Crippen LogP contribution is -2.41. The van der Waals surface area contributed by atoms with Crippen molar-refractivity contribution >= 4 is 11.6 Å². The molecule has 1 aliphatic heterocycles. The molecule has 4 nitrogen and oxygen atoms in total. The highest BCUT2D eigenvalue weighted by Crippen LogP contribution is 2.09. The summed E-state index contributed by atoms with van der Waals surface area (Å²) in [6, 6.07) is 7.58. The van der Waals surface area contributed by atoms with Crippen molar-refractivity contribution < 1.29 is 9.53 Å². The second kappa shape index (κ2) is 5.68. The number of benzene rings is 1. The monoisotopic (exact) mass is 234 g/mol. The first-order chi connectivity index (χ1) is 8.24. The number of amides is 1. The molecule has 1 aliphatic rings. The molecule has 0 aliphatic carbocycles. The Hall–Kier alpha value is -1.55. The van der Waals surface area contributed by atoms with Crippen molar-refractivity contribution in [3.05, 3.63) is 29.8 Å². The van der Waals surface area contributed by atoms with Crippen molar-refractivity contribution in [3.63, 3.8) is 0 Å². The zero-order chi connectivity index (χ0) is 12.1. The lowest BCUT2D eigenvalue weighted by atomic mass is 10.1. The van der Waals surface area contributed by atoms with Crippen LogP contribution in [0.15, 0.2) is 24.3 Å². The molecule has 1 saturated heterocycles. The Morgan fingerprint density at radius 2 is 2.41 bits per heavy atom. The summed E-state index contributed by atoms with van der Waals surface area (Å²) in [6.07, 6.45) is 2.40. The van der Waals surface area contributed by atoms with Gasteiger partial charge >= 0.3 is 0 Å². The van der Waals surface area contributed by atoms with Gasteiger partial charge < -0.3 is 15.8 Å². The zero-order valence-corrected chi connectivity index (χ0v) is 9.82. The number of rotatable bonds is 3. The minimum atomic E-state index is 0.0334. The van der Waals surface area contributed by atoms with Crippen molar-refractivity contribution in [1.82, 2.24) is 5.32 Å². The first-order valence-corrected chi connectivity index (χ1v) is 5.95. The number of hydrogen-bond acceptors (Lipinski definition) is 3. The van der Waals surface area contributed by atoms with Crippen molar-refractivity contribution in [3.8, 4) is 0 Å². The molecule has 4 heteroatoms. The van der Waals surface area contributed by atoms with Crippen molar-refractivity contribution in [2.24, 2.45) is 0 Å². The van der Waals surface area contributed by atoms with Crippen molar-refractivity contribution in [2.75, 3.05) is 18.9 Å². The lowest BCUT2D eigenvalue weighted by Gasteiger charge is -2.23. The van der Waals surface area contributed by atoms with Crippen LogP contribution in [0.25, 0.3) is 0 Å². The van der Waals surface area contributed by atoms with Crippen LogP contribution in [0.3, 0.4) is 0 Å². The van der Waals surface area contributed by atoms with E-state index in [2.05, 4.69) is 5.32 Å². The van der Waals surface area contributed by atoms with E-state index in [0.29, 0.717) is 18.7 Å². The van der Waals surface area contributed by atoms with Gasteiger partial charge in [0.1, 0.15) is 0 Å². The van der Waals surface area contributed by atoms with Crippen LogP contribution in [0.1, 0.15) is 18.4 Å². The average molecular weight is 234 g/mol. The van der Waals surface area contributed by atoms with Gasteiger partial charge in [0.25, 0.3) is 0 Å². The summed E-state index contributed by atoms with van der Waals surface area (Å²) < 4.78 is 5.32. The third-order valence-corrected chi connectivity index (χ3v) is 2.84. The van der Waals surface area contributed by atoms with Gasteiger partial charge in [0, 0.05) is 12.3 Å². The predicted octanol–water partition coefficient (Wildman–Crippen LogP) is 1.11. The van der Waals surface area contributed by atoms with E-state index < -0.39 is 0 Å². The molecule has 3 N–H and O–H groups in total. The highest BCUT2D eigenvalue weighted by atomic mass is 16.5. The molecule has 0 saturated carbocycles. The predicted molar refractivity (Wildman–Crippen MR) is 66.5 cm³/mol. The standard InChI is InChI=1S/C13H18N2O2/c14-11-4-1-3-10(7-11)8-13(16)15-12-5-2-6-17-9-12/h1,3-4,7,12H,2,5-6,8-9,14H2,(H,15,16). The first-order valence-electron chi connectivity index (χ1n) is 5.95. The van der Waals surface area contributed by atoms with Crippen molar-refractivity contribution in [1.29, 1.82) is 0 Å².